The first-order valence-electron chi connectivity index (χ1n) is 4.56. The zero-order valence-corrected chi connectivity index (χ0v) is 7.75. The normalized spacial score (nSPS) is 17.9. The van der Waals surface area contributed by atoms with E-state index in [4.69, 9.17) is 5.11 Å². The van der Waals surface area contributed by atoms with Gasteiger partial charge in [-0.1, -0.05) is 0 Å². The third-order valence-corrected chi connectivity index (χ3v) is 2.34. The highest BCUT2D eigenvalue weighted by molar-refractivity contribution is 5.73. The molecule has 1 atom stereocenters. The van der Waals surface area contributed by atoms with Gasteiger partial charge < -0.3 is 10.4 Å². The second-order valence-electron chi connectivity index (χ2n) is 3.63. The fourth-order valence-corrected chi connectivity index (χ4v) is 1.47. The van der Waals surface area contributed by atoms with Gasteiger partial charge in [-0.25, -0.2) is 0 Å². The highest BCUT2D eigenvalue weighted by Crippen LogP contribution is 2.38. The third kappa shape index (κ3) is 3.92. The van der Waals surface area contributed by atoms with Crippen LogP contribution in [0.3, 0.4) is 0 Å². The molecule has 0 spiro atoms. The van der Waals surface area contributed by atoms with E-state index < -0.39 is 5.97 Å². The lowest BCUT2D eigenvalue weighted by molar-refractivity contribution is -0.138. The van der Waals surface area contributed by atoms with Gasteiger partial charge in [0.05, 0.1) is 6.42 Å². The molecule has 1 saturated carbocycles. The Labute approximate surface area is 77.3 Å². The Balaban J connectivity index is 2.29. The predicted octanol–water partition coefficient (Wildman–Crippen LogP) is 0.623. The lowest BCUT2D eigenvalue weighted by Crippen LogP contribution is -2.29. The number of carboxylic acid groups (broad SMARTS) is 1. The molecular weight excluding hydrogens is 170 g/mol. The predicted molar refractivity (Wildman–Crippen MR) is 47.2 cm³/mol. The minimum Gasteiger partial charge on any atom is -0.481 e. The highest BCUT2D eigenvalue weighted by Gasteiger charge is 2.32. The number of hydrogen-bond acceptors (Lipinski definition) is 2. The molecule has 0 bridgehead atoms. The molecule has 0 aromatic carbocycles. The average Bonchev–Trinajstić information content (AvgIpc) is 2.78. The molecule has 4 nitrogen and oxygen atoms in total. The van der Waals surface area contributed by atoms with Gasteiger partial charge in [0.2, 0.25) is 5.91 Å². The van der Waals surface area contributed by atoms with Crippen molar-refractivity contribution in [3.8, 4) is 0 Å². The van der Waals surface area contributed by atoms with Crippen LogP contribution in [-0.4, -0.2) is 23.5 Å². The van der Waals surface area contributed by atoms with Gasteiger partial charge in [0, 0.05) is 13.5 Å². The van der Waals surface area contributed by atoms with Gasteiger partial charge in [0.1, 0.15) is 0 Å². The van der Waals surface area contributed by atoms with Crippen LogP contribution in [0.2, 0.25) is 0 Å². The summed E-state index contributed by atoms with van der Waals surface area (Å²) in [6.45, 7) is 1.96. The van der Waals surface area contributed by atoms with Gasteiger partial charge in [-0.3, -0.25) is 9.59 Å². The van der Waals surface area contributed by atoms with Gasteiger partial charge in [0.25, 0.3) is 0 Å². The molecule has 2 N–H and O–H groups in total. The maximum absolute atomic E-state index is 10.6. The summed E-state index contributed by atoms with van der Waals surface area (Å²) in [7, 11) is 0. The first-order valence-corrected chi connectivity index (χ1v) is 4.56. The van der Waals surface area contributed by atoms with Crippen LogP contribution < -0.4 is 5.32 Å². The molecule has 1 aliphatic carbocycles. The first-order chi connectivity index (χ1) is 6.09. The number of aliphatic carboxylic acids is 1. The van der Waals surface area contributed by atoms with Crippen molar-refractivity contribution < 1.29 is 14.7 Å². The SMILES string of the molecule is CC(=O)NCC(CC(=O)O)C1CC1. The summed E-state index contributed by atoms with van der Waals surface area (Å²) in [5.41, 5.74) is 0. The highest BCUT2D eigenvalue weighted by atomic mass is 16.4. The molecule has 1 amide bonds. The van der Waals surface area contributed by atoms with Gasteiger partial charge in [-0.15, -0.1) is 0 Å². The molecule has 0 heterocycles. The molecule has 74 valence electrons. The lowest BCUT2D eigenvalue weighted by atomic mass is 10.00. The van der Waals surface area contributed by atoms with Crippen LogP contribution in [-0.2, 0) is 9.59 Å². The van der Waals surface area contributed by atoms with E-state index in [1.54, 1.807) is 0 Å². The van der Waals surface area contributed by atoms with E-state index in [-0.39, 0.29) is 18.2 Å². The van der Waals surface area contributed by atoms with Crippen molar-refractivity contribution >= 4 is 11.9 Å². The van der Waals surface area contributed by atoms with Crippen molar-refractivity contribution in [3.63, 3.8) is 0 Å². The summed E-state index contributed by atoms with van der Waals surface area (Å²) in [5, 5.41) is 11.3. The first kappa shape index (κ1) is 10.0. The second-order valence-corrected chi connectivity index (χ2v) is 3.63. The maximum Gasteiger partial charge on any atom is 0.303 e. The van der Waals surface area contributed by atoms with Crippen molar-refractivity contribution in [2.24, 2.45) is 11.8 Å². The zero-order chi connectivity index (χ0) is 9.84. The van der Waals surface area contributed by atoms with Gasteiger partial charge in [0.15, 0.2) is 0 Å². The minimum atomic E-state index is -0.776. The molecular formula is C9H15NO3. The fraction of sp³-hybridized carbons (Fsp3) is 0.778. The van der Waals surface area contributed by atoms with Crippen LogP contribution in [0.4, 0.5) is 0 Å². The van der Waals surface area contributed by atoms with Crippen molar-refractivity contribution in [2.45, 2.75) is 26.2 Å². The Morgan fingerprint density at radius 2 is 2.15 bits per heavy atom. The topological polar surface area (TPSA) is 66.4 Å². The quantitative estimate of drug-likeness (QED) is 0.660. The Hall–Kier alpha value is -1.06. The van der Waals surface area contributed by atoms with E-state index in [0.29, 0.717) is 12.5 Å². The van der Waals surface area contributed by atoms with E-state index in [1.807, 2.05) is 0 Å². The fourth-order valence-electron chi connectivity index (χ4n) is 1.47. The zero-order valence-electron chi connectivity index (χ0n) is 7.75. The monoisotopic (exact) mass is 185 g/mol. The molecule has 1 unspecified atom stereocenters. The molecule has 0 radical (unpaired) electrons. The lowest BCUT2D eigenvalue weighted by Gasteiger charge is -2.13. The van der Waals surface area contributed by atoms with Crippen LogP contribution in [0.25, 0.3) is 0 Å². The van der Waals surface area contributed by atoms with Crippen LogP contribution >= 0.6 is 0 Å². The van der Waals surface area contributed by atoms with Crippen LogP contribution in [0.15, 0.2) is 0 Å². The second kappa shape index (κ2) is 4.25. The van der Waals surface area contributed by atoms with Crippen molar-refractivity contribution in [1.82, 2.24) is 5.32 Å². The average molecular weight is 185 g/mol. The summed E-state index contributed by atoms with van der Waals surface area (Å²) >= 11 is 0. The van der Waals surface area contributed by atoms with Gasteiger partial charge >= 0.3 is 5.97 Å². The van der Waals surface area contributed by atoms with Crippen molar-refractivity contribution in [2.75, 3.05) is 6.54 Å². The van der Waals surface area contributed by atoms with E-state index in [2.05, 4.69) is 5.32 Å². The van der Waals surface area contributed by atoms with Crippen molar-refractivity contribution in [1.29, 1.82) is 0 Å². The molecule has 1 rings (SSSR count). The number of nitrogens with one attached hydrogen (secondary N) is 1. The molecule has 0 aliphatic heterocycles. The molecule has 4 heteroatoms. The summed E-state index contributed by atoms with van der Waals surface area (Å²) < 4.78 is 0. The van der Waals surface area contributed by atoms with Crippen molar-refractivity contribution in [3.05, 3.63) is 0 Å². The molecule has 0 aromatic heterocycles. The maximum atomic E-state index is 10.6. The molecule has 1 aliphatic rings. The van der Waals surface area contributed by atoms with Crippen LogP contribution in [0.1, 0.15) is 26.2 Å². The Morgan fingerprint density at radius 1 is 1.54 bits per heavy atom. The number of carbonyl (C=O) groups excluding carboxylic acids is 1. The summed E-state index contributed by atoms with van der Waals surface area (Å²) in [6.07, 6.45) is 2.39. The summed E-state index contributed by atoms with van der Waals surface area (Å²) in [5.74, 6) is -0.220. The Kier molecular flexibility index (Phi) is 3.28. The van der Waals surface area contributed by atoms with Gasteiger partial charge in [-0.05, 0) is 24.7 Å². The van der Waals surface area contributed by atoms with Crippen LogP contribution in [0, 0.1) is 11.8 Å². The number of rotatable bonds is 5. The number of carbonyl (C=O) groups is 2. The van der Waals surface area contributed by atoms with E-state index >= 15 is 0 Å². The Morgan fingerprint density at radius 3 is 2.54 bits per heavy atom. The standard InChI is InChI=1S/C9H15NO3/c1-6(11)10-5-8(4-9(12)13)7-2-3-7/h7-8H,2-5H2,1H3,(H,10,11)(H,12,13). The number of hydrogen-bond donors (Lipinski definition) is 2. The molecule has 13 heavy (non-hydrogen) atoms. The molecule has 1 fully saturated rings. The molecule has 0 aromatic rings. The largest absolute Gasteiger partial charge is 0.481 e. The number of amides is 1. The number of carboxylic acids is 1. The smallest absolute Gasteiger partial charge is 0.303 e. The van der Waals surface area contributed by atoms with Gasteiger partial charge in [-0.2, -0.15) is 0 Å². The van der Waals surface area contributed by atoms with Crippen LogP contribution in [0.5, 0.6) is 0 Å². The third-order valence-electron chi connectivity index (χ3n) is 2.34. The Bertz CT molecular complexity index is 211. The van der Waals surface area contributed by atoms with E-state index in [1.165, 1.54) is 6.92 Å². The van der Waals surface area contributed by atoms with E-state index in [9.17, 15) is 9.59 Å². The summed E-state index contributed by atoms with van der Waals surface area (Å²) in [6, 6.07) is 0. The minimum absolute atomic E-state index is 0.0870. The van der Waals surface area contributed by atoms with E-state index in [0.717, 1.165) is 12.8 Å². The summed E-state index contributed by atoms with van der Waals surface area (Å²) in [4.78, 5) is 21.1. The molecule has 0 saturated heterocycles.